The number of ether oxygens (including phenoxy) is 1. The quantitative estimate of drug-likeness (QED) is 0.721. The molecule has 84 valence electrons. The second kappa shape index (κ2) is 4.18. The van der Waals surface area contributed by atoms with Crippen molar-refractivity contribution in [3.63, 3.8) is 0 Å². The Morgan fingerprint density at radius 3 is 2.71 bits per heavy atom. The topological polar surface area (TPSA) is 48.2 Å². The lowest BCUT2D eigenvalue weighted by Gasteiger charge is -2.05. The summed E-state index contributed by atoms with van der Waals surface area (Å²) in [7, 11) is 0. The van der Waals surface area contributed by atoms with Gasteiger partial charge >= 0.3 is 0 Å². The van der Waals surface area contributed by atoms with E-state index in [2.05, 4.69) is 26.2 Å². The summed E-state index contributed by atoms with van der Waals surface area (Å²) >= 11 is 3.39. The van der Waals surface area contributed by atoms with Gasteiger partial charge < -0.3 is 4.74 Å². The maximum atomic E-state index is 5.74. The van der Waals surface area contributed by atoms with E-state index in [1.165, 1.54) is 0 Å². The smallest absolute Gasteiger partial charge is 0.177 e. The minimum atomic E-state index is 0.608. The molecule has 3 aromatic rings. The largest absolute Gasteiger partial charge is 0.455 e. The van der Waals surface area contributed by atoms with Crippen LogP contribution in [-0.4, -0.2) is 10.3 Å². The van der Waals surface area contributed by atoms with Gasteiger partial charge in [-0.05, 0) is 34.6 Å². The normalized spacial score (nSPS) is 10.6. The van der Waals surface area contributed by atoms with Crippen molar-refractivity contribution < 1.29 is 9.37 Å². The molecule has 5 heteroatoms. The summed E-state index contributed by atoms with van der Waals surface area (Å²) in [6.07, 6.45) is 0. The zero-order valence-electron chi connectivity index (χ0n) is 8.63. The number of rotatable bonds is 2. The Morgan fingerprint density at radius 1 is 1.06 bits per heavy atom. The third kappa shape index (κ3) is 2.01. The molecule has 0 aliphatic rings. The highest BCUT2D eigenvalue weighted by Gasteiger charge is 2.10. The predicted molar refractivity (Wildman–Crippen MR) is 66.0 cm³/mol. The molecule has 0 atom stereocenters. The third-order valence-corrected chi connectivity index (χ3v) is 2.72. The maximum absolute atomic E-state index is 5.74. The molecule has 2 aromatic carbocycles. The number of hydrogen-bond donors (Lipinski definition) is 0. The highest BCUT2D eigenvalue weighted by atomic mass is 79.9. The van der Waals surface area contributed by atoms with E-state index in [1.807, 2.05) is 42.5 Å². The Hall–Kier alpha value is -1.88. The molecule has 4 nitrogen and oxygen atoms in total. The number of nitrogens with zero attached hydrogens (tertiary/aromatic N) is 2. The Labute approximate surface area is 105 Å². The molecule has 0 unspecified atom stereocenters. The number of fused-ring (bicyclic) bond motifs is 1. The first kappa shape index (κ1) is 10.3. The monoisotopic (exact) mass is 290 g/mol. The van der Waals surface area contributed by atoms with Crippen LogP contribution in [-0.2, 0) is 0 Å². The average Bonchev–Trinajstić information content (AvgIpc) is 2.78. The van der Waals surface area contributed by atoms with Gasteiger partial charge in [0.1, 0.15) is 11.3 Å². The Morgan fingerprint density at radius 2 is 1.88 bits per heavy atom. The molecule has 1 aromatic heterocycles. The minimum Gasteiger partial charge on any atom is -0.455 e. The molecule has 0 saturated heterocycles. The van der Waals surface area contributed by atoms with Crippen LogP contribution in [0, 0.1) is 0 Å². The van der Waals surface area contributed by atoms with Gasteiger partial charge in [0.05, 0.1) is 0 Å². The first-order valence-electron chi connectivity index (χ1n) is 4.97. The fourth-order valence-corrected chi connectivity index (χ4v) is 1.95. The van der Waals surface area contributed by atoms with Crippen LogP contribution < -0.4 is 4.74 Å². The average molecular weight is 291 g/mol. The minimum absolute atomic E-state index is 0.608. The van der Waals surface area contributed by atoms with Gasteiger partial charge in [-0.15, -0.1) is 0 Å². The molecule has 17 heavy (non-hydrogen) atoms. The number of aromatic nitrogens is 2. The zero-order chi connectivity index (χ0) is 11.7. The van der Waals surface area contributed by atoms with E-state index in [9.17, 15) is 0 Å². The summed E-state index contributed by atoms with van der Waals surface area (Å²) in [5.74, 6) is 1.36. The van der Waals surface area contributed by atoms with Crippen LogP contribution in [0.3, 0.4) is 0 Å². The van der Waals surface area contributed by atoms with E-state index < -0.39 is 0 Å². The molecular weight excluding hydrogens is 284 g/mol. The lowest BCUT2D eigenvalue weighted by atomic mass is 10.3. The van der Waals surface area contributed by atoms with Gasteiger partial charge in [0, 0.05) is 4.47 Å². The molecule has 0 radical (unpaired) electrons. The summed E-state index contributed by atoms with van der Waals surface area (Å²) < 4.78 is 11.3. The van der Waals surface area contributed by atoms with Gasteiger partial charge in [-0.1, -0.05) is 34.1 Å². The van der Waals surface area contributed by atoms with Crippen molar-refractivity contribution in [2.75, 3.05) is 0 Å². The van der Waals surface area contributed by atoms with Crippen LogP contribution in [0.2, 0.25) is 0 Å². The van der Waals surface area contributed by atoms with Crippen molar-refractivity contribution in [2.24, 2.45) is 0 Å². The number of halogens is 1. The molecule has 0 fully saturated rings. The standard InChI is InChI=1S/C12H7BrN2O2/c13-8-6-10-12(15-17-14-10)11(7-8)16-9-4-2-1-3-5-9/h1-7H. The van der Waals surface area contributed by atoms with E-state index >= 15 is 0 Å². The second-order valence-electron chi connectivity index (χ2n) is 3.45. The second-order valence-corrected chi connectivity index (χ2v) is 4.37. The maximum Gasteiger partial charge on any atom is 0.177 e. The molecule has 0 aliphatic heterocycles. The number of hydrogen-bond acceptors (Lipinski definition) is 4. The van der Waals surface area contributed by atoms with Crippen LogP contribution in [0.4, 0.5) is 0 Å². The van der Waals surface area contributed by atoms with Gasteiger partial charge in [0.2, 0.25) is 0 Å². The van der Waals surface area contributed by atoms with Gasteiger partial charge in [0.15, 0.2) is 11.3 Å². The van der Waals surface area contributed by atoms with E-state index in [4.69, 9.17) is 9.37 Å². The summed E-state index contributed by atoms with van der Waals surface area (Å²) in [5.41, 5.74) is 1.27. The van der Waals surface area contributed by atoms with Gasteiger partial charge in [-0.25, -0.2) is 4.63 Å². The van der Waals surface area contributed by atoms with Crippen LogP contribution in [0.15, 0.2) is 51.6 Å². The van der Waals surface area contributed by atoms with Gasteiger partial charge in [-0.3, -0.25) is 0 Å². The summed E-state index contributed by atoms with van der Waals surface area (Å²) in [6.45, 7) is 0. The highest BCUT2D eigenvalue weighted by Crippen LogP contribution is 2.31. The number of benzene rings is 2. The lowest BCUT2D eigenvalue weighted by Crippen LogP contribution is -1.85. The lowest BCUT2D eigenvalue weighted by molar-refractivity contribution is 0.314. The Balaban J connectivity index is 2.08. The van der Waals surface area contributed by atoms with Gasteiger partial charge in [0.25, 0.3) is 0 Å². The third-order valence-electron chi connectivity index (χ3n) is 2.26. The van der Waals surface area contributed by atoms with Gasteiger partial charge in [-0.2, -0.15) is 0 Å². The first-order valence-corrected chi connectivity index (χ1v) is 5.77. The van der Waals surface area contributed by atoms with Crippen LogP contribution in [0.1, 0.15) is 0 Å². The molecule has 0 bridgehead atoms. The highest BCUT2D eigenvalue weighted by molar-refractivity contribution is 9.10. The Bertz CT molecular complexity index is 652. The van der Waals surface area contributed by atoms with Crippen LogP contribution in [0.5, 0.6) is 11.5 Å². The van der Waals surface area contributed by atoms with Crippen molar-refractivity contribution in [1.82, 2.24) is 10.3 Å². The zero-order valence-corrected chi connectivity index (χ0v) is 10.2. The Kier molecular flexibility index (Phi) is 2.53. The summed E-state index contributed by atoms with van der Waals surface area (Å²) in [5, 5.41) is 7.61. The van der Waals surface area contributed by atoms with E-state index in [0.717, 1.165) is 10.2 Å². The van der Waals surface area contributed by atoms with Crippen molar-refractivity contribution in [3.05, 3.63) is 46.9 Å². The van der Waals surface area contributed by atoms with Crippen molar-refractivity contribution in [3.8, 4) is 11.5 Å². The van der Waals surface area contributed by atoms with E-state index in [-0.39, 0.29) is 0 Å². The summed E-state index contributed by atoms with van der Waals surface area (Å²) in [4.78, 5) is 0. The van der Waals surface area contributed by atoms with Crippen molar-refractivity contribution >= 4 is 27.0 Å². The van der Waals surface area contributed by atoms with Crippen molar-refractivity contribution in [1.29, 1.82) is 0 Å². The van der Waals surface area contributed by atoms with E-state index in [1.54, 1.807) is 0 Å². The first-order chi connectivity index (χ1) is 8.33. The molecule has 0 N–H and O–H groups in total. The summed E-state index contributed by atoms with van der Waals surface area (Å²) in [6, 6.07) is 13.2. The molecule has 3 rings (SSSR count). The molecule has 1 heterocycles. The predicted octanol–water partition coefficient (Wildman–Crippen LogP) is 3.78. The SMILES string of the molecule is Brc1cc(Oc2ccccc2)c2nonc2c1. The molecule has 0 amide bonds. The number of para-hydroxylation sites is 1. The molecule has 0 saturated carbocycles. The fourth-order valence-electron chi connectivity index (χ4n) is 1.52. The van der Waals surface area contributed by atoms with Crippen LogP contribution in [0.25, 0.3) is 11.0 Å². The van der Waals surface area contributed by atoms with Crippen LogP contribution >= 0.6 is 15.9 Å². The van der Waals surface area contributed by atoms with E-state index in [0.29, 0.717) is 16.8 Å². The fraction of sp³-hybridized carbons (Fsp3) is 0. The molecule has 0 aliphatic carbocycles. The molecule has 0 spiro atoms. The molecular formula is C12H7BrN2O2. The van der Waals surface area contributed by atoms with Crippen molar-refractivity contribution in [2.45, 2.75) is 0 Å².